The third-order valence-corrected chi connectivity index (χ3v) is 6.09. The lowest BCUT2D eigenvalue weighted by Gasteiger charge is -2.31. The fourth-order valence-corrected chi connectivity index (χ4v) is 4.54. The van der Waals surface area contributed by atoms with E-state index < -0.39 is 21.5 Å². The van der Waals surface area contributed by atoms with E-state index in [2.05, 4.69) is 0 Å². The Bertz CT molecular complexity index is 933. The van der Waals surface area contributed by atoms with E-state index in [4.69, 9.17) is 9.15 Å². The zero-order valence-electron chi connectivity index (χ0n) is 14.4. The summed E-state index contributed by atoms with van der Waals surface area (Å²) in [6, 6.07) is 8.78. The molecule has 1 aliphatic rings. The molecule has 0 aliphatic carbocycles. The van der Waals surface area contributed by atoms with Crippen LogP contribution >= 0.6 is 0 Å². The van der Waals surface area contributed by atoms with Gasteiger partial charge in [0.15, 0.2) is 0 Å². The molecule has 0 amide bonds. The summed E-state index contributed by atoms with van der Waals surface area (Å²) in [5.74, 6) is 0.000746. The minimum atomic E-state index is -3.60. The highest BCUT2D eigenvalue weighted by Gasteiger charge is 2.29. The van der Waals surface area contributed by atoms with Crippen molar-refractivity contribution in [3.05, 3.63) is 64.0 Å². The maximum atomic E-state index is 13.7. The van der Waals surface area contributed by atoms with Crippen LogP contribution in [0.3, 0.4) is 0 Å². The number of hydrogen-bond donors (Lipinski definition) is 0. The van der Waals surface area contributed by atoms with E-state index in [9.17, 15) is 17.6 Å². The van der Waals surface area contributed by atoms with Crippen molar-refractivity contribution >= 4 is 10.0 Å². The molecule has 8 heteroatoms. The Kier molecular flexibility index (Phi) is 5.43. The zero-order valence-corrected chi connectivity index (χ0v) is 15.2. The average molecular weight is 381 g/mol. The Labute approximate surface area is 151 Å². The zero-order chi connectivity index (χ0) is 18.7. The molecule has 0 atom stereocenters. The third-order valence-electron chi connectivity index (χ3n) is 4.26. The lowest BCUT2D eigenvalue weighted by atomic mass is 10.1. The third kappa shape index (κ3) is 4.50. The van der Waals surface area contributed by atoms with Gasteiger partial charge in [-0.25, -0.2) is 21.9 Å². The molecule has 0 unspecified atom stereocenters. The van der Waals surface area contributed by atoms with Crippen LogP contribution in [0.5, 0.6) is 5.75 Å². The van der Waals surface area contributed by atoms with E-state index in [1.165, 1.54) is 28.6 Å². The molecule has 2 heterocycles. The first-order valence-electron chi connectivity index (χ1n) is 8.33. The number of aryl methyl sites for hydroxylation is 1. The fourth-order valence-electron chi connectivity index (χ4n) is 2.97. The molecule has 1 saturated heterocycles. The minimum absolute atomic E-state index is 0.164. The van der Waals surface area contributed by atoms with Gasteiger partial charge in [0.25, 0.3) is 0 Å². The van der Waals surface area contributed by atoms with Gasteiger partial charge in [-0.3, -0.25) is 0 Å². The highest BCUT2D eigenvalue weighted by Crippen LogP contribution is 2.22. The summed E-state index contributed by atoms with van der Waals surface area (Å²) in [6.07, 6.45) is 0.807. The van der Waals surface area contributed by atoms with Crippen molar-refractivity contribution in [3.63, 3.8) is 0 Å². The molecule has 1 aromatic carbocycles. The Morgan fingerprint density at radius 2 is 1.92 bits per heavy atom. The van der Waals surface area contributed by atoms with Crippen molar-refractivity contribution in [3.8, 4) is 5.75 Å². The molecule has 0 saturated carbocycles. The Hall–Kier alpha value is -2.19. The maximum Gasteiger partial charge on any atom is 0.339 e. The summed E-state index contributed by atoms with van der Waals surface area (Å²) in [4.78, 5) is 11.4. The van der Waals surface area contributed by atoms with E-state index in [1.54, 1.807) is 19.1 Å². The van der Waals surface area contributed by atoms with Crippen LogP contribution in [0.4, 0.5) is 4.39 Å². The number of piperidine rings is 1. The second kappa shape index (κ2) is 7.59. The van der Waals surface area contributed by atoms with Crippen molar-refractivity contribution in [2.24, 2.45) is 0 Å². The Balaban J connectivity index is 1.60. The number of rotatable bonds is 5. The van der Waals surface area contributed by atoms with E-state index >= 15 is 0 Å². The van der Waals surface area contributed by atoms with Crippen molar-refractivity contribution in [1.82, 2.24) is 4.31 Å². The smallest absolute Gasteiger partial charge is 0.339 e. The van der Waals surface area contributed by atoms with Gasteiger partial charge >= 0.3 is 5.63 Å². The molecule has 140 valence electrons. The van der Waals surface area contributed by atoms with Crippen LogP contribution in [0.2, 0.25) is 0 Å². The summed E-state index contributed by atoms with van der Waals surface area (Å²) >= 11 is 0. The largest absolute Gasteiger partial charge is 0.490 e. The van der Waals surface area contributed by atoms with E-state index in [1.807, 2.05) is 0 Å². The first-order valence-corrected chi connectivity index (χ1v) is 9.94. The molecule has 6 nitrogen and oxygen atoms in total. The first-order chi connectivity index (χ1) is 12.3. The van der Waals surface area contributed by atoms with Gasteiger partial charge in [-0.2, -0.15) is 0 Å². The van der Waals surface area contributed by atoms with Crippen LogP contribution in [0, 0.1) is 12.7 Å². The van der Waals surface area contributed by atoms with Gasteiger partial charge in [0.2, 0.25) is 10.0 Å². The number of benzene rings is 1. The molecule has 1 aromatic heterocycles. The SMILES string of the molecule is Cc1cc(OC2CCN(S(=O)(=O)Cc3ccccc3F)CC2)cc(=O)o1. The van der Waals surface area contributed by atoms with E-state index in [0.717, 1.165) is 0 Å². The molecular formula is C18H20FNO5S. The number of sulfonamides is 1. The summed E-state index contributed by atoms with van der Waals surface area (Å²) in [7, 11) is -3.60. The van der Waals surface area contributed by atoms with Crippen molar-refractivity contribution in [2.45, 2.75) is 31.6 Å². The molecule has 0 N–H and O–H groups in total. The number of halogens is 1. The van der Waals surface area contributed by atoms with Crippen LogP contribution < -0.4 is 10.4 Å². The van der Waals surface area contributed by atoms with Gasteiger partial charge < -0.3 is 9.15 Å². The second-order valence-electron chi connectivity index (χ2n) is 6.29. The number of nitrogens with zero attached hydrogens (tertiary/aromatic N) is 1. The van der Waals surface area contributed by atoms with Crippen LogP contribution in [-0.2, 0) is 15.8 Å². The van der Waals surface area contributed by atoms with Crippen molar-refractivity contribution in [1.29, 1.82) is 0 Å². The van der Waals surface area contributed by atoms with Crippen LogP contribution in [0.1, 0.15) is 24.2 Å². The van der Waals surface area contributed by atoms with Gasteiger partial charge in [0.05, 0.1) is 11.8 Å². The standard InChI is InChI=1S/C18H20FNO5S/c1-13-10-16(11-18(21)24-13)25-15-6-8-20(9-7-15)26(22,23)12-14-4-2-3-5-17(14)19/h2-5,10-11,15H,6-9,12H2,1H3. The molecular weight excluding hydrogens is 361 g/mol. The monoisotopic (exact) mass is 381 g/mol. The highest BCUT2D eigenvalue weighted by molar-refractivity contribution is 7.88. The summed E-state index contributed by atoms with van der Waals surface area (Å²) in [5.41, 5.74) is -0.317. The molecule has 0 spiro atoms. The van der Waals surface area contributed by atoms with E-state index in [0.29, 0.717) is 37.4 Å². The second-order valence-corrected chi connectivity index (χ2v) is 8.26. The lowest BCUT2D eigenvalue weighted by molar-refractivity contribution is 0.134. The molecule has 1 aliphatic heterocycles. The number of ether oxygens (including phenoxy) is 1. The topological polar surface area (TPSA) is 76.8 Å². The van der Waals surface area contributed by atoms with Gasteiger partial charge in [0.1, 0.15) is 23.4 Å². The minimum Gasteiger partial charge on any atom is -0.490 e. The quantitative estimate of drug-likeness (QED) is 0.795. The Morgan fingerprint density at radius 1 is 1.23 bits per heavy atom. The highest BCUT2D eigenvalue weighted by atomic mass is 32.2. The molecule has 1 fully saturated rings. The Morgan fingerprint density at radius 3 is 2.58 bits per heavy atom. The fraction of sp³-hybridized carbons (Fsp3) is 0.389. The maximum absolute atomic E-state index is 13.7. The summed E-state index contributed by atoms with van der Waals surface area (Å²) < 4.78 is 50.8. The van der Waals surface area contributed by atoms with Crippen LogP contribution in [-0.4, -0.2) is 31.9 Å². The van der Waals surface area contributed by atoms with Gasteiger partial charge in [-0.05, 0) is 25.8 Å². The van der Waals surface area contributed by atoms with Crippen LogP contribution in [0.15, 0.2) is 45.6 Å². The van der Waals surface area contributed by atoms with E-state index in [-0.39, 0.29) is 17.4 Å². The van der Waals surface area contributed by atoms with Gasteiger partial charge in [-0.15, -0.1) is 0 Å². The van der Waals surface area contributed by atoms with Crippen molar-refractivity contribution < 1.29 is 22.0 Å². The molecule has 0 radical (unpaired) electrons. The predicted molar refractivity (Wildman–Crippen MR) is 94.0 cm³/mol. The molecule has 0 bridgehead atoms. The summed E-state index contributed by atoms with van der Waals surface area (Å²) in [6.45, 7) is 2.25. The molecule has 3 rings (SSSR count). The predicted octanol–water partition coefficient (Wildman–Crippen LogP) is 2.46. The van der Waals surface area contributed by atoms with Crippen LogP contribution in [0.25, 0.3) is 0 Å². The molecule has 2 aromatic rings. The lowest BCUT2D eigenvalue weighted by Crippen LogP contribution is -2.42. The number of hydrogen-bond acceptors (Lipinski definition) is 5. The van der Waals surface area contributed by atoms with Gasteiger partial charge in [-0.1, -0.05) is 18.2 Å². The van der Waals surface area contributed by atoms with Gasteiger partial charge in [0, 0.05) is 24.7 Å². The molecule has 26 heavy (non-hydrogen) atoms. The summed E-state index contributed by atoms with van der Waals surface area (Å²) in [5, 5.41) is 0. The first kappa shape index (κ1) is 18.6. The average Bonchev–Trinajstić information content (AvgIpc) is 2.56. The van der Waals surface area contributed by atoms with Crippen molar-refractivity contribution in [2.75, 3.05) is 13.1 Å². The normalized spacial score (nSPS) is 16.5.